The summed E-state index contributed by atoms with van der Waals surface area (Å²) in [5, 5.41) is 0. The van der Waals surface area contributed by atoms with E-state index in [-0.39, 0.29) is 48.3 Å². The summed E-state index contributed by atoms with van der Waals surface area (Å²) >= 11 is 0. The maximum atomic E-state index is 7.30. The first kappa shape index (κ1) is 38.4. The molecule has 5 heterocycles. The van der Waals surface area contributed by atoms with Crippen molar-refractivity contribution in [2.75, 3.05) is 6.61 Å². The zero-order valence-electron chi connectivity index (χ0n) is 32.7. The van der Waals surface area contributed by atoms with Gasteiger partial charge in [-0.3, -0.25) is 0 Å². The zero-order valence-corrected chi connectivity index (χ0v) is 33.7. The van der Waals surface area contributed by atoms with Crippen molar-refractivity contribution in [2.45, 2.75) is 177 Å². The largest absolute Gasteiger partial charge is 0.410 e. The van der Waals surface area contributed by atoms with Gasteiger partial charge in [0.1, 0.15) is 11.7 Å². The number of fused-ring (bicyclic) bond motifs is 3. The normalized spacial score (nSPS) is 43.0. The quantitative estimate of drug-likeness (QED) is 0.123. The van der Waals surface area contributed by atoms with E-state index in [0.717, 1.165) is 43.2 Å². The molecule has 0 unspecified atom stereocenters. The van der Waals surface area contributed by atoms with Gasteiger partial charge in [0.05, 0.1) is 78.8 Å². The average molecular weight is 735 g/mol. The second kappa shape index (κ2) is 14.3. The van der Waals surface area contributed by atoms with Crippen molar-refractivity contribution in [2.24, 2.45) is 0 Å². The van der Waals surface area contributed by atoms with Crippen LogP contribution in [-0.4, -0.2) is 85.7 Å². The Morgan fingerprint density at radius 3 is 2.02 bits per heavy atom. The fraction of sp³-hybridized carbons (Fsp3) is 0.674. The molecule has 0 aliphatic carbocycles. The summed E-state index contributed by atoms with van der Waals surface area (Å²) in [4.78, 5) is 0. The topological polar surface area (TPSA) is 77.1 Å². The van der Waals surface area contributed by atoms with Crippen molar-refractivity contribution >= 4 is 8.32 Å². The molecule has 5 fully saturated rings. The van der Waals surface area contributed by atoms with E-state index in [9.17, 15) is 0 Å². The molecule has 0 spiro atoms. The van der Waals surface area contributed by atoms with E-state index in [0.29, 0.717) is 26.2 Å². The Hall–Kier alpha value is -1.92. The number of hydrogen-bond acceptors (Lipinski definition) is 8. The summed E-state index contributed by atoms with van der Waals surface area (Å²) in [6.45, 7) is 23.2. The van der Waals surface area contributed by atoms with Crippen molar-refractivity contribution in [1.82, 2.24) is 0 Å². The molecule has 52 heavy (non-hydrogen) atoms. The minimum absolute atomic E-state index is 0.0664. The molecule has 8 nitrogen and oxygen atoms in total. The molecule has 9 heteroatoms. The highest BCUT2D eigenvalue weighted by Crippen LogP contribution is 2.54. The van der Waals surface area contributed by atoms with Gasteiger partial charge >= 0.3 is 0 Å². The third-order valence-corrected chi connectivity index (χ3v) is 13.6. The van der Waals surface area contributed by atoms with E-state index < -0.39 is 30.7 Å². The summed E-state index contributed by atoms with van der Waals surface area (Å²) < 4.78 is 54.9. The molecule has 0 amide bonds. The molecular weight excluding hydrogens is 673 g/mol. The molecule has 12 atom stereocenters. The van der Waals surface area contributed by atoms with Crippen LogP contribution in [0.15, 0.2) is 73.3 Å². The molecule has 5 saturated heterocycles. The van der Waals surface area contributed by atoms with Crippen LogP contribution in [0.4, 0.5) is 0 Å². The molecule has 0 saturated carbocycles. The van der Waals surface area contributed by atoms with Gasteiger partial charge in [-0.05, 0) is 78.2 Å². The third kappa shape index (κ3) is 8.05. The van der Waals surface area contributed by atoms with E-state index >= 15 is 0 Å². The van der Waals surface area contributed by atoms with Crippen molar-refractivity contribution < 1.29 is 37.6 Å². The average Bonchev–Trinajstić information content (AvgIpc) is 3.76. The minimum Gasteiger partial charge on any atom is -0.410 e. The molecule has 0 aromatic heterocycles. The fourth-order valence-electron chi connectivity index (χ4n) is 9.31. The summed E-state index contributed by atoms with van der Waals surface area (Å²) in [6, 6.07) is 20.6. The van der Waals surface area contributed by atoms with Gasteiger partial charge < -0.3 is 37.6 Å². The number of ether oxygens (including phenoxy) is 7. The van der Waals surface area contributed by atoms with Crippen molar-refractivity contribution in [3.8, 4) is 0 Å². The van der Waals surface area contributed by atoms with Gasteiger partial charge in [0, 0.05) is 25.7 Å². The lowest BCUT2D eigenvalue weighted by molar-refractivity contribution is -0.333. The maximum absolute atomic E-state index is 7.30. The minimum atomic E-state index is -1.95. The van der Waals surface area contributed by atoms with Crippen LogP contribution in [0.2, 0.25) is 19.6 Å². The monoisotopic (exact) mass is 734 g/mol. The lowest BCUT2D eigenvalue weighted by Crippen LogP contribution is -2.67. The molecule has 7 rings (SSSR count). The van der Waals surface area contributed by atoms with Crippen LogP contribution in [0.5, 0.6) is 0 Å². The Balaban J connectivity index is 1.10. The van der Waals surface area contributed by atoms with E-state index in [1.165, 1.54) is 0 Å². The Bertz CT molecular complexity index is 1540. The van der Waals surface area contributed by atoms with E-state index in [4.69, 9.17) is 37.6 Å². The van der Waals surface area contributed by atoms with Crippen LogP contribution in [0.25, 0.3) is 0 Å². The lowest BCUT2D eigenvalue weighted by atomic mass is 9.75. The third-order valence-electron chi connectivity index (χ3n) is 12.5. The van der Waals surface area contributed by atoms with Crippen molar-refractivity contribution in [3.63, 3.8) is 0 Å². The smallest absolute Gasteiger partial charge is 0.184 e. The maximum Gasteiger partial charge on any atom is 0.184 e. The van der Waals surface area contributed by atoms with Crippen LogP contribution < -0.4 is 0 Å². The molecular formula is C43H62O8Si. The van der Waals surface area contributed by atoms with Gasteiger partial charge in [-0.2, -0.15) is 0 Å². The lowest BCUT2D eigenvalue weighted by Gasteiger charge is -2.57. The van der Waals surface area contributed by atoms with Crippen LogP contribution in [-0.2, 0) is 50.8 Å². The zero-order chi connectivity index (χ0) is 37.0. The Labute approximate surface area is 312 Å². The highest BCUT2D eigenvalue weighted by atomic mass is 28.4. The molecule has 5 aliphatic heterocycles. The fourth-order valence-corrected chi connectivity index (χ4v) is 10.9. The van der Waals surface area contributed by atoms with Gasteiger partial charge in [0.25, 0.3) is 0 Å². The standard InChI is InChI=1S/C43H62O8Si/c1-10-39(2)36(48-39)24-37-43(6,51-52(7,8)9)26-38-40(3,49-37)21-22-41(4)34(47-38)23-35-42(5,50-41)25-32(45-28-31-19-15-12-16-20-31)33(46-35)29-44-27-30-17-13-11-14-18-30/h10-20,32-38H,1,21-29H2,2-9H3/t32-,33+,34+,35-,36+,37-,38-,39+,40+,41-,42+,43+/m0/s1. The van der Waals surface area contributed by atoms with Gasteiger partial charge in [0.15, 0.2) is 8.32 Å². The van der Waals surface area contributed by atoms with Crippen molar-refractivity contribution in [1.29, 1.82) is 0 Å². The van der Waals surface area contributed by atoms with E-state index in [2.05, 4.69) is 85.1 Å². The molecule has 5 aliphatic rings. The van der Waals surface area contributed by atoms with E-state index in [1.54, 1.807) is 0 Å². The van der Waals surface area contributed by atoms with Crippen molar-refractivity contribution in [3.05, 3.63) is 84.4 Å². The second-order valence-corrected chi connectivity index (χ2v) is 22.6. The number of benzene rings is 2. The number of epoxide rings is 1. The van der Waals surface area contributed by atoms with E-state index in [1.807, 2.05) is 42.5 Å². The van der Waals surface area contributed by atoms with Crippen LogP contribution in [0.1, 0.15) is 84.3 Å². The Morgan fingerprint density at radius 2 is 1.38 bits per heavy atom. The molecule has 2 aromatic rings. The van der Waals surface area contributed by atoms with Crippen LogP contribution >= 0.6 is 0 Å². The summed E-state index contributed by atoms with van der Waals surface area (Å²) in [5.41, 5.74) is -0.133. The molecule has 2 aromatic carbocycles. The second-order valence-electron chi connectivity index (χ2n) is 18.2. The van der Waals surface area contributed by atoms with Gasteiger partial charge in [-0.25, -0.2) is 0 Å². The van der Waals surface area contributed by atoms with Crippen LogP contribution in [0, 0.1) is 0 Å². The first-order valence-electron chi connectivity index (χ1n) is 19.5. The highest BCUT2D eigenvalue weighted by Gasteiger charge is 2.64. The summed E-state index contributed by atoms with van der Waals surface area (Å²) in [6.07, 6.45) is 5.47. The Morgan fingerprint density at radius 1 is 0.750 bits per heavy atom. The van der Waals surface area contributed by atoms with Gasteiger partial charge in [-0.1, -0.05) is 66.7 Å². The summed E-state index contributed by atoms with van der Waals surface area (Å²) in [7, 11) is -1.95. The Kier molecular flexibility index (Phi) is 10.5. The highest BCUT2D eigenvalue weighted by molar-refractivity contribution is 6.69. The first-order valence-corrected chi connectivity index (χ1v) is 22.9. The molecule has 0 N–H and O–H groups in total. The molecule has 0 bridgehead atoms. The number of hydrogen-bond donors (Lipinski definition) is 0. The van der Waals surface area contributed by atoms with Gasteiger partial charge in [0.2, 0.25) is 0 Å². The van der Waals surface area contributed by atoms with Crippen LogP contribution in [0.3, 0.4) is 0 Å². The molecule has 286 valence electrons. The SMILES string of the molecule is C=C[C@@]1(C)O[C@@H]1C[C@@H]1O[C@]2(C)CC[C@]3(C)O[C@]4(C)C[C@H](OCc5ccccc5)[C@@H](COCc5ccccc5)O[C@H]4C[C@H]3O[C@H]2C[C@@]1(C)O[Si](C)(C)C. The summed E-state index contributed by atoms with van der Waals surface area (Å²) in [5.74, 6) is 0. The predicted octanol–water partition coefficient (Wildman–Crippen LogP) is 8.32. The number of rotatable bonds is 12. The van der Waals surface area contributed by atoms with Gasteiger partial charge in [-0.15, -0.1) is 6.58 Å². The first-order chi connectivity index (χ1) is 24.5. The molecule has 0 radical (unpaired) electrons. The predicted molar refractivity (Wildman–Crippen MR) is 204 cm³/mol.